The van der Waals surface area contributed by atoms with Crippen LogP contribution in [0.5, 0.6) is 0 Å². The molecule has 1 fully saturated rings. The summed E-state index contributed by atoms with van der Waals surface area (Å²) in [6.45, 7) is 0.600. The minimum absolute atomic E-state index is 0.210. The van der Waals surface area contributed by atoms with Crippen LogP contribution in [0.1, 0.15) is 31.2 Å². The number of hydrogen-bond donors (Lipinski definition) is 3. The summed E-state index contributed by atoms with van der Waals surface area (Å²) in [5.41, 5.74) is 0.778. The Labute approximate surface area is 181 Å². The Bertz CT molecular complexity index is 765. The summed E-state index contributed by atoms with van der Waals surface area (Å²) >= 11 is 12.0. The Morgan fingerprint density at radius 1 is 1.34 bits per heavy atom. The van der Waals surface area contributed by atoms with Crippen LogP contribution in [0.25, 0.3) is 0 Å². The third kappa shape index (κ3) is 6.91. The molecule has 1 unspecified atom stereocenters. The summed E-state index contributed by atoms with van der Waals surface area (Å²) in [5.74, 6) is -0.883. The molecule has 0 aliphatic carbocycles. The Balaban J connectivity index is 2.06. The van der Waals surface area contributed by atoms with E-state index in [1.54, 1.807) is 25.2 Å². The van der Waals surface area contributed by atoms with Crippen LogP contribution in [0.3, 0.4) is 0 Å². The number of aliphatic hydroxyl groups is 1. The van der Waals surface area contributed by atoms with Crippen molar-refractivity contribution in [1.29, 1.82) is 0 Å². The summed E-state index contributed by atoms with van der Waals surface area (Å²) in [6, 6.07) is 3.84. The van der Waals surface area contributed by atoms with E-state index in [4.69, 9.17) is 23.2 Å². The van der Waals surface area contributed by atoms with Crippen molar-refractivity contribution in [2.45, 2.75) is 50.3 Å². The second-order valence-electron chi connectivity index (χ2n) is 7.33. The fourth-order valence-corrected chi connectivity index (χ4v) is 3.65. The first-order chi connectivity index (χ1) is 13.7. The van der Waals surface area contributed by atoms with Crippen molar-refractivity contribution in [3.8, 4) is 0 Å². The zero-order valence-electron chi connectivity index (χ0n) is 16.6. The zero-order chi connectivity index (χ0) is 21.6. The van der Waals surface area contributed by atoms with Crippen LogP contribution >= 0.6 is 23.2 Å². The van der Waals surface area contributed by atoms with Crippen LogP contribution in [0, 0.1) is 0 Å². The quantitative estimate of drug-likeness (QED) is 0.552. The van der Waals surface area contributed by atoms with Gasteiger partial charge in [0.1, 0.15) is 6.04 Å². The molecular weight excluding hydrogens is 416 g/mol. The second-order valence-corrected chi connectivity index (χ2v) is 8.14. The molecule has 0 aromatic heterocycles. The molecule has 10 heteroatoms. The molecule has 1 aliphatic heterocycles. The van der Waals surface area contributed by atoms with E-state index in [0.29, 0.717) is 29.4 Å². The maximum Gasteiger partial charge on any atom is 0.242 e. The highest BCUT2D eigenvalue weighted by Crippen LogP contribution is 2.24. The highest BCUT2D eigenvalue weighted by molar-refractivity contribution is 6.56. The van der Waals surface area contributed by atoms with Gasteiger partial charge in [-0.05, 0) is 43.4 Å². The maximum atomic E-state index is 12.4. The van der Waals surface area contributed by atoms with Crippen LogP contribution in [-0.4, -0.2) is 67.3 Å². The summed E-state index contributed by atoms with van der Waals surface area (Å²) in [5, 5.41) is 17.0. The molecule has 3 amide bonds. The number of benzene rings is 1. The van der Waals surface area contributed by atoms with Crippen molar-refractivity contribution < 1.29 is 19.5 Å². The van der Waals surface area contributed by atoms with Crippen molar-refractivity contribution in [3.05, 3.63) is 33.8 Å². The second kappa shape index (κ2) is 10.9. The maximum absolute atomic E-state index is 12.4. The van der Waals surface area contributed by atoms with Gasteiger partial charge in [0, 0.05) is 13.6 Å². The van der Waals surface area contributed by atoms with Gasteiger partial charge in [-0.25, -0.2) is 0 Å². The number of nitrogens with one attached hydrogen (secondary N) is 2. The first kappa shape index (κ1) is 23.5. The topological polar surface area (TPSA) is 98.7 Å². The lowest BCUT2D eigenvalue weighted by molar-refractivity contribution is -0.130. The molecule has 3 atom stereocenters. The average molecular weight is 442 g/mol. The lowest BCUT2D eigenvalue weighted by Gasteiger charge is -2.32. The van der Waals surface area contributed by atoms with Gasteiger partial charge in [-0.2, -0.15) is 0 Å². The molecule has 1 saturated heterocycles. The number of rotatable bonds is 7. The molecule has 0 saturated carbocycles. The monoisotopic (exact) mass is 441 g/mol. The van der Waals surface area contributed by atoms with E-state index in [0.717, 1.165) is 18.4 Å². The van der Waals surface area contributed by atoms with Gasteiger partial charge in [0.15, 0.2) is 5.81 Å². The van der Waals surface area contributed by atoms with Crippen LogP contribution in [0.15, 0.2) is 18.2 Å². The standard InChI is InChI=1S/C19H26BCl2N3O4/c1-25(19(20)29)15(9-11-5-6-12(21)13(22)8-11)16(26)10-17(27)24-14-4-2-3-7-23-18(14)28/h5-6,8,14-16,26H,2-4,7,9-10,20H2,1H3,(H,23,28)(H,24,27)/t14-,15-,16?/m1/s1. The van der Waals surface area contributed by atoms with Crippen molar-refractivity contribution >= 4 is 48.7 Å². The molecule has 1 aromatic rings. The summed E-state index contributed by atoms with van der Waals surface area (Å²) in [7, 11) is 2.97. The van der Waals surface area contributed by atoms with E-state index in [9.17, 15) is 19.5 Å². The fraction of sp³-hybridized carbons (Fsp3) is 0.526. The molecule has 29 heavy (non-hydrogen) atoms. The SMILES string of the molecule is BC(=O)N(C)[C@H](Cc1ccc(Cl)c(Cl)c1)C(O)CC(=O)N[C@@H]1CCCCNC1=O. The Kier molecular flexibility index (Phi) is 8.80. The van der Waals surface area contributed by atoms with E-state index < -0.39 is 24.1 Å². The van der Waals surface area contributed by atoms with Crippen molar-refractivity contribution in [2.24, 2.45) is 0 Å². The molecule has 0 bridgehead atoms. The van der Waals surface area contributed by atoms with Crippen LogP contribution < -0.4 is 10.6 Å². The van der Waals surface area contributed by atoms with Gasteiger partial charge < -0.3 is 20.6 Å². The van der Waals surface area contributed by atoms with Gasteiger partial charge in [-0.1, -0.05) is 29.3 Å². The average Bonchev–Trinajstić information content (AvgIpc) is 2.86. The van der Waals surface area contributed by atoms with Gasteiger partial charge >= 0.3 is 0 Å². The van der Waals surface area contributed by atoms with Crippen molar-refractivity contribution in [2.75, 3.05) is 13.6 Å². The first-order valence-corrected chi connectivity index (χ1v) is 10.4. The van der Waals surface area contributed by atoms with Gasteiger partial charge in [-0.3, -0.25) is 14.4 Å². The van der Waals surface area contributed by atoms with Crippen molar-refractivity contribution in [3.63, 3.8) is 0 Å². The third-order valence-corrected chi connectivity index (χ3v) is 5.87. The van der Waals surface area contributed by atoms with Gasteiger partial charge in [0.2, 0.25) is 19.7 Å². The van der Waals surface area contributed by atoms with Gasteiger partial charge in [0.25, 0.3) is 0 Å². The number of amides is 3. The number of nitrogens with zero attached hydrogens (tertiary/aromatic N) is 1. The molecule has 1 aromatic carbocycles. The minimum atomic E-state index is -1.12. The highest BCUT2D eigenvalue weighted by Gasteiger charge is 2.29. The minimum Gasteiger partial charge on any atom is -0.390 e. The van der Waals surface area contributed by atoms with E-state index in [1.165, 1.54) is 12.7 Å². The van der Waals surface area contributed by atoms with Crippen LogP contribution in [0.4, 0.5) is 4.79 Å². The predicted molar refractivity (Wildman–Crippen MR) is 115 cm³/mol. The predicted octanol–water partition coefficient (Wildman–Crippen LogP) is 1.13. The zero-order valence-corrected chi connectivity index (χ0v) is 18.1. The molecule has 2 rings (SSSR count). The normalized spacial score (nSPS) is 18.9. The van der Waals surface area contributed by atoms with Crippen LogP contribution in [0.2, 0.25) is 10.0 Å². The molecule has 0 radical (unpaired) electrons. The highest BCUT2D eigenvalue weighted by atomic mass is 35.5. The molecule has 0 spiro atoms. The number of likely N-dealkylation sites (N-methyl/N-ethyl adjacent to an activating group) is 1. The number of hydrogen-bond acceptors (Lipinski definition) is 4. The fourth-order valence-electron chi connectivity index (χ4n) is 3.33. The molecule has 1 heterocycles. The number of aliphatic hydroxyl groups excluding tert-OH is 1. The van der Waals surface area contributed by atoms with Gasteiger partial charge in [0.05, 0.1) is 28.6 Å². The molecule has 3 N–H and O–H groups in total. The Morgan fingerprint density at radius 2 is 2.07 bits per heavy atom. The smallest absolute Gasteiger partial charge is 0.242 e. The van der Waals surface area contributed by atoms with E-state index in [1.807, 2.05) is 0 Å². The number of carbonyl (C=O) groups is 3. The lowest BCUT2D eigenvalue weighted by Crippen LogP contribution is -2.50. The van der Waals surface area contributed by atoms with E-state index in [2.05, 4.69) is 10.6 Å². The number of carbonyl (C=O) groups excluding carboxylic acids is 3. The third-order valence-electron chi connectivity index (χ3n) is 5.13. The summed E-state index contributed by atoms with van der Waals surface area (Å²) in [6.07, 6.45) is 1.22. The van der Waals surface area contributed by atoms with E-state index in [-0.39, 0.29) is 18.1 Å². The van der Waals surface area contributed by atoms with Crippen LogP contribution in [-0.2, 0) is 16.0 Å². The largest absolute Gasteiger partial charge is 0.390 e. The molecule has 1 aliphatic rings. The van der Waals surface area contributed by atoms with Gasteiger partial charge in [-0.15, -0.1) is 0 Å². The Morgan fingerprint density at radius 3 is 2.72 bits per heavy atom. The number of halogens is 2. The lowest BCUT2D eigenvalue weighted by atomic mass is 9.95. The first-order valence-electron chi connectivity index (χ1n) is 9.61. The van der Waals surface area contributed by atoms with Crippen molar-refractivity contribution in [1.82, 2.24) is 15.5 Å². The van der Waals surface area contributed by atoms with E-state index >= 15 is 0 Å². The Hall–Kier alpha value is -1.77. The summed E-state index contributed by atoms with van der Waals surface area (Å²) in [4.78, 5) is 37.7. The molecule has 158 valence electrons. The molecular formula is C19H26BCl2N3O4. The summed E-state index contributed by atoms with van der Waals surface area (Å²) < 4.78 is 0. The molecule has 7 nitrogen and oxygen atoms in total.